The molecule has 0 bridgehead atoms. The van der Waals surface area contributed by atoms with Gasteiger partial charge in [0.15, 0.2) is 11.6 Å². The summed E-state index contributed by atoms with van der Waals surface area (Å²) in [6.07, 6.45) is 0.856. The van der Waals surface area contributed by atoms with Crippen molar-refractivity contribution < 1.29 is 4.52 Å². The Labute approximate surface area is 123 Å². The zero-order valence-electron chi connectivity index (χ0n) is 10.2. The zero-order valence-corrected chi connectivity index (χ0v) is 13.4. The molecule has 0 unspecified atom stereocenters. The number of nitrogens with zero attached hydrogens (tertiary/aromatic N) is 1. The molecule has 0 atom stereocenters. The van der Waals surface area contributed by atoms with E-state index in [-0.39, 0.29) is 0 Å². The third-order valence-corrected chi connectivity index (χ3v) is 3.47. The highest BCUT2D eigenvalue weighted by Gasteiger charge is 2.17. The topological polar surface area (TPSA) is 52.0 Å². The second-order valence-electron chi connectivity index (χ2n) is 4.63. The van der Waals surface area contributed by atoms with Crippen LogP contribution < -0.4 is 5.73 Å². The maximum Gasteiger partial charge on any atom is 0.172 e. The summed E-state index contributed by atoms with van der Waals surface area (Å²) in [5.74, 6) is 1.74. The lowest BCUT2D eigenvalue weighted by Gasteiger charge is -2.06. The molecule has 18 heavy (non-hydrogen) atoms. The van der Waals surface area contributed by atoms with Gasteiger partial charge in [0.05, 0.1) is 0 Å². The molecule has 96 valence electrons. The molecule has 0 radical (unpaired) electrons. The number of rotatable bonds is 3. The summed E-state index contributed by atoms with van der Waals surface area (Å²) in [5, 5.41) is 3.88. The summed E-state index contributed by atoms with van der Waals surface area (Å²) in [6, 6.07) is 5.97. The minimum atomic E-state index is 0.481. The van der Waals surface area contributed by atoms with Crippen LogP contribution >= 0.6 is 31.9 Å². The van der Waals surface area contributed by atoms with Crippen LogP contribution in [0.4, 0.5) is 5.82 Å². The number of hydrogen-bond donors (Lipinski definition) is 1. The predicted molar refractivity (Wildman–Crippen MR) is 80.3 cm³/mol. The number of benzene rings is 1. The predicted octanol–water partition coefficient (Wildman–Crippen LogP) is 4.65. The number of anilines is 1. The van der Waals surface area contributed by atoms with Crippen LogP contribution in [0.25, 0.3) is 11.3 Å². The number of hydrogen-bond acceptors (Lipinski definition) is 3. The van der Waals surface area contributed by atoms with Crippen LogP contribution in [0.1, 0.15) is 19.4 Å². The fraction of sp³-hybridized carbons (Fsp3) is 0.308. The lowest BCUT2D eigenvalue weighted by Crippen LogP contribution is -1.99. The molecule has 0 amide bonds. The molecule has 0 saturated carbocycles. The summed E-state index contributed by atoms with van der Waals surface area (Å²) in [7, 11) is 0. The average Bonchev–Trinajstić information content (AvgIpc) is 2.58. The van der Waals surface area contributed by atoms with Crippen LogP contribution in [-0.4, -0.2) is 5.16 Å². The first-order valence-electron chi connectivity index (χ1n) is 5.68. The Morgan fingerprint density at radius 1 is 1.22 bits per heavy atom. The van der Waals surface area contributed by atoms with Crippen LogP contribution in [0.5, 0.6) is 0 Å². The molecule has 5 heteroatoms. The summed E-state index contributed by atoms with van der Waals surface area (Å²) in [6.45, 7) is 4.29. The molecule has 2 N–H and O–H groups in total. The van der Waals surface area contributed by atoms with Gasteiger partial charge in [0.1, 0.15) is 0 Å². The molecule has 3 nitrogen and oxygen atoms in total. The number of halogens is 2. The molecule has 2 aromatic rings. The minimum absolute atomic E-state index is 0.481. The van der Waals surface area contributed by atoms with Crippen LogP contribution in [-0.2, 0) is 6.42 Å². The van der Waals surface area contributed by atoms with Crippen molar-refractivity contribution in [3.8, 4) is 11.3 Å². The maximum atomic E-state index is 5.87. The molecule has 0 saturated heterocycles. The maximum absolute atomic E-state index is 5.87. The smallest absolute Gasteiger partial charge is 0.172 e. The SMILES string of the molecule is CC(C)Cc1c(N)noc1-c1cc(Br)cc(Br)c1. The van der Waals surface area contributed by atoms with E-state index in [1.807, 2.05) is 18.2 Å². The van der Waals surface area contributed by atoms with E-state index in [2.05, 4.69) is 50.9 Å². The fourth-order valence-electron chi connectivity index (χ4n) is 1.84. The van der Waals surface area contributed by atoms with Gasteiger partial charge in [-0.25, -0.2) is 0 Å². The largest absolute Gasteiger partial charge is 0.381 e. The van der Waals surface area contributed by atoms with Crippen molar-refractivity contribution in [1.29, 1.82) is 0 Å². The Morgan fingerprint density at radius 2 is 1.83 bits per heavy atom. The first-order chi connectivity index (χ1) is 8.47. The second kappa shape index (κ2) is 5.45. The highest BCUT2D eigenvalue weighted by molar-refractivity contribution is 9.11. The Morgan fingerprint density at radius 3 is 2.39 bits per heavy atom. The Balaban J connectivity index is 2.50. The van der Waals surface area contributed by atoms with Gasteiger partial charge in [0, 0.05) is 20.1 Å². The molecule has 2 rings (SSSR count). The van der Waals surface area contributed by atoms with Gasteiger partial charge in [0.2, 0.25) is 0 Å². The van der Waals surface area contributed by atoms with Crippen molar-refractivity contribution in [1.82, 2.24) is 5.16 Å². The van der Waals surface area contributed by atoms with Gasteiger partial charge in [0.25, 0.3) is 0 Å². The zero-order chi connectivity index (χ0) is 13.3. The average molecular weight is 374 g/mol. The molecular formula is C13H14Br2N2O. The van der Waals surface area contributed by atoms with E-state index in [9.17, 15) is 0 Å². The Kier molecular flexibility index (Phi) is 4.12. The normalized spacial score (nSPS) is 11.2. The lowest BCUT2D eigenvalue weighted by atomic mass is 10.00. The van der Waals surface area contributed by atoms with Gasteiger partial charge in [-0.1, -0.05) is 50.9 Å². The van der Waals surface area contributed by atoms with Crippen molar-refractivity contribution in [2.75, 3.05) is 5.73 Å². The fourth-order valence-corrected chi connectivity index (χ4v) is 3.13. The number of aromatic nitrogens is 1. The third kappa shape index (κ3) is 2.95. The first kappa shape index (κ1) is 13.6. The van der Waals surface area contributed by atoms with Gasteiger partial charge in [-0.05, 0) is 30.5 Å². The summed E-state index contributed by atoms with van der Waals surface area (Å²) in [4.78, 5) is 0. The van der Waals surface area contributed by atoms with E-state index in [4.69, 9.17) is 10.3 Å². The first-order valence-corrected chi connectivity index (χ1v) is 7.26. The summed E-state index contributed by atoms with van der Waals surface area (Å²) in [5.41, 5.74) is 7.82. The van der Waals surface area contributed by atoms with E-state index < -0.39 is 0 Å². The van der Waals surface area contributed by atoms with E-state index in [1.54, 1.807) is 0 Å². The van der Waals surface area contributed by atoms with Gasteiger partial charge < -0.3 is 10.3 Å². The summed E-state index contributed by atoms with van der Waals surface area (Å²) < 4.78 is 7.34. The van der Waals surface area contributed by atoms with Crippen LogP contribution in [0.15, 0.2) is 31.7 Å². The number of nitrogen functional groups attached to an aromatic ring is 1. The molecule has 0 aliphatic rings. The van der Waals surface area contributed by atoms with Crippen LogP contribution in [0, 0.1) is 5.92 Å². The highest BCUT2D eigenvalue weighted by Crippen LogP contribution is 2.33. The van der Waals surface area contributed by atoms with Crippen molar-refractivity contribution in [2.24, 2.45) is 5.92 Å². The van der Waals surface area contributed by atoms with Crippen molar-refractivity contribution in [3.63, 3.8) is 0 Å². The number of nitrogens with two attached hydrogens (primary N) is 1. The van der Waals surface area contributed by atoms with Crippen molar-refractivity contribution in [2.45, 2.75) is 20.3 Å². The molecule has 0 aliphatic heterocycles. The third-order valence-electron chi connectivity index (χ3n) is 2.56. The van der Waals surface area contributed by atoms with E-state index in [0.717, 1.165) is 32.3 Å². The Bertz CT molecular complexity index is 544. The van der Waals surface area contributed by atoms with Crippen LogP contribution in [0.3, 0.4) is 0 Å². The van der Waals surface area contributed by atoms with Gasteiger partial charge in [-0.15, -0.1) is 0 Å². The molecule has 1 aromatic heterocycles. The summed E-state index contributed by atoms with van der Waals surface area (Å²) >= 11 is 6.94. The van der Waals surface area contributed by atoms with E-state index in [0.29, 0.717) is 11.7 Å². The van der Waals surface area contributed by atoms with E-state index >= 15 is 0 Å². The highest BCUT2D eigenvalue weighted by atomic mass is 79.9. The van der Waals surface area contributed by atoms with Crippen molar-refractivity contribution in [3.05, 3.63) is 32.7 Å². The second-order valence-corrected chi connectivity index (χ2v) is 6.46. The van der Waals surface area contributed by atoms with Crippen molar-refractivity contribution >= 4 is 37.7 Å². The van der Waals surface area contributed by atoms with Gasteiger partial charge >= 0.3 is 0 Å². The Hall–Kier alpha value is -0.810. The molecule has 0 aliphatic carbocycles. The molecule has 1 heterocycles. The molecule has 1 aromatic carbocycles. The lowest BCUT2D eigenvalue weighted by molar-refractivity contribution is 0.434. The quantitative estimate of drug-likeness (QED) is 0.851. The van der Waals surface area contributed by atoms with E-state index in [1.165, 1.54) is 0 Å². The standard InChI is InChI=1S/C13H14Br2N2O/c1-7(2)3-11-12(18-17-13(11)16)8-4-9(14)6-10(15)5-8/h4-7H,3H2,1-2H3,(H2,16,17). The monoisotopic (exact) mass is 372 g/mol. The molecular weight excluding hydrogens is 360 g/mol. The minimum Gasteiger partial charge on any atom is -0.381 e. The van der Waals surface area contributed by atoms with Crippen LogP contribution in [0.2, 0.25) is 0 Å². The van der Waals surface area contributed by atoms with Gasteiger partial charge in [-0.3, -0.25) is 0 Å². The molecule has 0 spiro atoms. The van der Waals surface area contributed by atoms with Gasteiger partial charge in [-0.2, -0.15) is 0 Å². The molecule has 0 fully saturated rings.